The number of carbonyl (C=O) groups is 2. The van der Waals surface area contributed by atoms with Gasteiger partial charge < -0.3 is 10.1 Å². The second kappa shape index (κ2) is 9.87. The number of anilines is 1. The topological polar surface area (TPSA) is 55.4 Å². The highest BCUT2D eigenvalue weighted by Crippen LogP contribution is 2.37. The van der Waals surface area contributed by atoms with Crippen molar-refractivity contribution in [3.63, 3.8) is 0 Å². The Labute approximate surface area is 171 Å². The van der Waals surface area contributed by atoms with Gasteiger partial charge in [-0.2, -0.15) is 0 Å². The third-order valence-corrected chi connectivity index (χ3v) is 6.71. The summed E-state index contributed by atoms with van der Waals surface area (Å²) >= 11 is 1.47. The van der Waals surface area contributed by atoms with E-state index in [0.717, 1.165) is 11.3 Å². The molecule has 28 heavy (non-hydrogen) atoms. The molecule has 150 valence electrons. The van der Waals surface area contributed by atoms with Gasteiger partial charge in [0.1, 0.15) is 5.00 Å². The highest BCUT2D eigenvalue weighted by atomic mass is 32.1. The van der Waals surface area contributed by atoms with Crippen LogP contribution in [0.4, 0.5) is 5.00 Å². The standard InChI is InChI=1S/C23H29NO3S/c1-3-27-23(26)19-15-20(16(2)18-11-5-4-6-12-18)28-22(19)24-21(25)14-13-17-9-7-8-10-17/h4-6,11-12,15-17H,3,7-10,13-14H2,1-2H3,(H,24,25)/t16-/m1/s1. The summed E-state index contributed by atoms with van der Waals surface area (Å²) in [5, 5.41) is 3.58. The van der Waals surface area contributed by atoms with Crippen LogP contribution in [-0.2, 0) is 9.53 Å². The van der Waals surface area contributed by atoms with Gasteiger partial charge in [0, 0.05) is 17.2 Å². The van der Waals surface area contributed by atoms with E-state index in [4.69, 9.17) is 4.74 Å². The minimum absolute atomic E-state index is 0.0155. The Morgan fingerprint density at radius 2 is 1.93 bits per heavy atom. The van der Waals surface area contributed by atoms with E-state index in [0.29, 0.717) is 29.5 Å². The molecule has 0 saturated heterocycles. The fraction of sp³-hybridized carbons (Fsp3) is 0.478. The molecule has 1 heterocycles. The first-order chi connectivity index (χ1) is 13.6. The molecule has 1 aliphatic rings. The maximum atomic E-state index is 12.5. The number of nitrogens with one attached hydrogen (secondary N) is 1. The lowest BCUT2D eigenvalue weighted by Gasteiger charge is -2.10. The number of hydrogen-bond acceptors (Lipinski definition) is 4. The van der Waals surface area contributed by atoms with Crippen LogP contribution in [0.3, 0.4) is 0 Å². The summed E-state index contributed by atoms with van der Waals surface area (Å²) < 4.78 is 5.21. The van der Waals surface area contributed by atoms with Crippen LogP contribution >= 0.6 is 11.3 Å². The quantitative estimate of drug-likeness (QED) is 0.555. The molecule has 1 atom stereocenters. The summed E-state index contributed by atoms with van der Waals surface area (Å²) in [4.78, 5) is 26.0. The summed E-state index contributed by atoms with van der Waals surface area (Å²) in [7, 11) is 0. The molecule has 1 aromatic carbocycles. The van der Waals surface area contributed by atoms with Gasteiger partial charge in [-0.1, -0.05) is 62.9 Å². The summed E-state index contributed by atoms with van der Waals surface area (Å²) in [6.07, 6.45) is 6.47. The van der Waals surface area contributed by atoms with E-state index in [9.17, 15) is 9.59 Å². The van der Waals surface area contributed by atoms with Crippen molar-refractivity contribution in [2.75, 3.05) is 11.9 Å². The van der Waals surface area contributed by atoms with Crippen molar-refractivity contribution < 1.29 is 14.3 Å². The molecule has 2 aromatic rings. The van der Waals surface area contributed by atoms with Gasteiger partial charge in [-0.15, -0.1) is 11.3 Å². The lowest BCUT2D eigenvalue weighted by atomic mass is 9.99. The Morgan fingerprint density at radius 1 is 1.21 bits per heavy atom. The van der Waals surface area contributed by atoms with Crippen LogP contribution in [0.15, 0.2) is 36.4 Å². The fourth-order valence-corrected chi connectivity index (χ4v) is 4.95. The van der Waals surface area contributed by atoms with Gasteiger partial charge in [-0.3, -0.25) is 4.79 Å². The largest absolute Gasteiger partial charge is 0.462 e. The number of carbonyl (C=O) groups excluding carboxylic acids is 2. The Balaban J connectivity index is 1.74. The van der Waals surface area contributed by atoms with Crippen LogP contribution in [-0.4, -0.2) is 18.5 Å². The molecule has 0 bridgehead atoms. The van der Waals surface area contributed by atoms with E-state index in [1.807, 2.05) is 24.3 Å². The number of hydrogen-bond donors (Lipinski definition) is 1. The summed E-state index contributed by atoms with van der Waals surface area (Å²) in [6.45, 7) is 4.22. The van der Waals surface area contributed by atoms with Crippen molar-refractivity contribution in [3.05, 3.63) is 52.4 Å². The van der Waals surface area contributed by atoms with Gasteiger partial charge in [0.25, 0.3) is 0 Å². The van der Waals surface area contributed by atoms with E-state index >= 15 is 0 Å². The molecule has 0 spiro atoms. The summed E-state index contributed by atoms with van der Waals surface area (Å²) in [5.74, 6) is 0.422. The van der Waals surface area contributed by atoms with Crippen LogP contribution in [0.2, 0.25) is 0 Å². The molecule has 1 saturated carbocycles. The number of benzene rings is 1. The lowest BCUT2D eigenvalue weighted by Crippen LogP contribution is -2.14. The molecule has 0 radical (unpaired) electrons. The average molecular weight is 400 g/mol. The van der Waals surface area contributed by atoms with Crippen LogP contribution in [0.1, 0.15) is 79.1 Å². The van der Waals surface area contributed by atoms with Crippen LogP contribution in [0, 0.1) is 5.92 Å². The molecule has 1 aliphatic carbocycles. The zero-order chi connectivity index (χ0) is 19.9. The van der Waals surface area contributed by atoms with Crippen molar-refractivity contribution >= 4 is 28.2 Å². The maximum absolute atomic E-state index is 12.5. The van der Waals surface area contributed by atoms with Crippen molar-refractivity contribution in [1.82, 2.24) is 0 Å². The first-order valence-corrected chi connectivity index (χ1v) is 11.1. The SMILES string of the molecule is CCOC(=O)c1cc([C@H](C)c2ccccc2)sc1NC(=O)CCC1CCCC1. The number of rotatable bonds is 8. The molecular formula is C23H29NO3S. The van der Waals surface area contributed by atoms with Gasteiger partial charge in [-0.25, -0.2) is 4.79 Å². The third kappa shape index (κ3) is 5.22. The van der Waals surface area contributed by atoms with Crippen LogP contribution in [0.5, 0.6) is 0 Å². The Bertz CT molecular complexity index is 793. The molecule has 1 N–H and O–H groups in total. The average Bonchev–Trinajstić information content (AvgIpc) is 3.37. The van der Waals surface area contributed by atoms with Crippen molar-refractivity contribution in [2.24, 2.45) is 5.92 Å². The second-order valence-corrected chi connectivity index (χ2v) is 8.57. The molecule has 5 heteroatoms. The minimum atomic E-state index is -0.378. The number of amides is 1. The van der Waals surface area contributed by atoms with E-state index in [2.05, 4.69) is 24.4 Å². The van der Waals surface area contributed by atoms with Crippen LogP contribution < -0.4 is 5.32 Å². The predicted molar refractivity (Wildman–Crippen MR) is 114 cm³/mol. The minimum Gasteiger partial charge on any atom is -0.462 e. The molecule has 1 amide bonds. The van der Waals surface area contributed by atoms with E-state index in [1.165, 1.54) is 42.6 Å². The zero-order valence-corrected chi connectivity index (χ0v) is 17.5. The Morgan fingerprint density at radius 3 is 2.61 bits per heavy atom. The highest BCUT2D eigenvalue weighted by molar-refractivity contribution is 7.16. The molecule has 0 aliphatic heterocycles. The van der Waals surface area contributed by atoms with Gasteiger partial charge >= 0.3 is 5.97 Å². The van der Waals surface area contributed by atoms with Gasteiger partial charge in [-0.05, 0) is 30.9 Å². The van der Waals surface area contributed by atoms with Gasteiger partial charge in [0.2, 0.25) is 5.91 Å². The third-order valence-electron chi connectivity index (χ3n) is 5.48. The molecular weight excluding hydrogens is 370 g/mol. The predicted octanol–water partition coefficient (Wildman–Crippen LogP) is 5.99. The Kier molecular flexibility index (Phi) is 7.26. The second-order valence-electron chi connectivity index (χ2n) is 7.48. The van der Waals surface area contributed by atoms with E-state index in [-0.39, 0.29) is 17.8 Å². The van der Waals surface area contributed by atoms with E-state index in [1.54, 1.807) is 6.92 Å². The Hall–Kier alpha value is -2.14. The normalized spacial score (nSPS) is 15.4. The fourth-order valence-electron chi connectivity index (χ4n) is 3.81. The number of esters is 1. The van der Waals surface area contributed by atoms with Gasteiger partial charge in [0.15, 0.2) is 0 Å². The number of ether oxygens (including phenoxy) is 1. The van der Waals surface area contributed by atoms with Gasteiger partial charge in [0.05, 0.1) is 12.2 Å². The summed E-state index contributed by atoms with van der Waals surface area (Å²) in [6, 6.07) is 12.0. The van der Waals surface area contributed by atoms with Crippen molar-refractivity contribution in [1.29, 1.82) is 0 Å². The van der Waals surface area contributed by atoms with Crippen molar-refractivity contribution in [2.45, 2.75) is 58.3 Å². The van der Waals surface area contributed by atoms with Crippen LogP contribution in [0.25, 0.3) is 0 Å². The smallest absolute Gasteiger partial charge is 0.341 e. The molecule has 3 rings (SSSR count). The zero-order valence-electron chi connectivity index (χ0n) is 16.7. The van der Waals surface area contributed by atoms with Crippen molar-refractivity contribution in [3.8, 4) is 0 Å². The molecule has 1 fully saturated rings. The highest BCUT2D eigenvalue weighted by Gasteiger charge is 2.23. The first-order valence-electron chi connectivity index (χ1n) is 10.2. The lowest BCUT2D eigenvalue weighted by molar-refractivity contribution is -0.116. The molecule has 0 unspecified atom stereocenters. The van der Waals surface area contributed by atoms with E-state index < -0.39 is 0 Å². The first kappa shape index (κ1) is 20.6. The maximum Gasteiger partial charge on any atom is 0.341 e. The number of thiophene rings is 1. The summed E-state index contributed by atoms with van der Waals surface area (Å²) in [5.41, 5.74) is 1.64. The molecule has 4 nitrogen and oxygen atoms in total. The monoisotopic (exact) mass is 399 g/mol. The molecule has 1 aromatic heterocycles.